The molecule has 0 aliphatic heterocycles. The second kappa shape index (κ2) is 7.42. The molecule has 1 atom stereocenters. The van der Waals surface area contributed by atoms with E-state index in [-0.39, 0.29) is 16.8 Å². The number of benzene rings is 1. The second-order valence-electron chi connectivity index (χ2n) is 5.82. The van der Waals surface area contributed by atoms with Crippen LogP contribution < -0.4 is 10.0 Å². The first-order valence-electron chi connectivity index (χ1n) is 7.54. The molecule has 2 aromatic rings. The van der Waals surface area contributed by atoms with Gasteiger partial charge in [0.25, 0.3) is 5.91 Å². The van der Waals surface area contributed by atoms with Crippen molar-refractivity contribution in [3.8, 4) is 0 Å². The lowest BCUT2D eigenvalue weighted by atomic mass is 10.2. The van der Waals surface area contributed by atoms with Crippen molar-refractivity contribution in [1.29, 1.82) is 0 Å². The van der Waals surface area contributed by atoms with E-state index >= 15 is 0 Å². The van der Waals surface area contributed by atoms with E-state index in [1.807, 2.05) is 26.2 Å². The van der Waals surface area contributed by atoms with E-state index in [1.54, 1.807) is 6.92 Å². The largest absolute Gasteiger partial charge is 0.350 e. The normalized spacial score (nSPS) is 13.0. The molecule has 130 valence electrons. The van der Waals surface area contributed by atoms with E-state index in [0.717, 1.165) is 5.69 Å². The monoisotopic (exact) mass is 367 g/mol. The van der Waals surface area contributed by atoms with Crippen LogP contribution in [0.1, 0.15) is 47.9 Å². The van der Waals surface area contributed by atoms with Crippen molar-refractivity contribution >= 4 is 27.3 Å². The highest BCUT2D eigenvalue weighted by Crippen LogP contribution is 2.20. The first-order valence-corrected chi connectivity index (χ1v) is 9.90. The molecule has 0 bridgehead atoms. The average Bonchev–Trinajstić information content (AvgIpc) is 2.93. The Kier molecular flexibility index (Phi) is 5.74. The Balaban J connectivity index is 2.13. The number of thiazole rings is 1. The van der Waals surface area contributed by atoms with Gasteiger partial charge in [-0.3, -0.25) is 4.79 Å². The summed E-state index contributed by atoms with van der Waals surface area (Å²) < 4.78 is 27.5. The summed E-state index contributed by atoms with van der Waals surface area (Å²) in [6.45, 7) is 7.34. The lowest BCUT2D eigenvalue weighted by Gasteiger charge is -2.13. The Morgan fingerprint density at radius 2 is 1.79 bits per heavy atom. The third-order valence-corrected chi connectivity index (χ3v) is 5.89. The summed E-state index contributed by atoms with van der Waals surface area (Å²) in [6, 6.07) is 5.46. The zero-order chi connectivity index (χ0) is 17.9. The lowest BCUT2D eigenvalue weighted by molar-refractivity contribution is 0.0943. The SMILES string of the molecule is Cc1csc(C(C)NS(=O)(=O)c2ccc(C(=O)NC(C)C)cc2)n1. The van der Waals surface area contributed by atoms with Crippen molar-refractivity contribution in [1.82, 2.24) is 15.0 Å². The fraction of sp³-hybridized carbons (Fsp3) is 0.375. The molecule has 0 saturated carbocycles. The van der Waals surface area contributed by atoms with E-state index < -0.39 is 16.1 Å². The molecule has 1 aromatic heterocycles. The van der Waals surface area contributed by atoms with Crippen molar-refractivity contribution in [2.75, 3.05) is 0 Å². The molecule has 1 aromatic carbocycles. The van der Waals surface area contributed by atoms with Crippen LogP contribution in [0.4, 0.5) is 0 Å². The summed E-state index contributed by atoms with van der Waals surface area (Å²) in [6.07, 6.45) is 0. The van der Waals surface area contributed by atoms with Gasteiger partial charge in [-0.25, -0.2) is 18.1 Å². The molecule has 0 aliphatic carbocycles. The van der Waals surface area contributed by atoms with E-state index in [1.165, 1.54) is 35.6 Å². The van der Waals surface area contributed by atoms with Gasteiger partial charge < -0.3 is 5.32 Å². The molecule has 0 aliphatic rings. The molecule has 0 saturated heterocycles. The Labute approximate surface area is 146 Å². The zero-order valence-corrected chi connectivity index (χ0v) is 15.7. The van der Waals surface area contributed by atoms with Gasteiger partial charge >= 0.3 is 0 Å². The van der Waals surface area contributed by atoms with Crippen LogP contribution in [0.3, 0.4) is 0 Å². The summed E-state index contributed by atoms with van der Waals surface area (Å²) in [7, 11) is -3.68. The van der Waals surface area contributed by atoms with Crippen LogP contribution in [0.25, 0.3) is 0 Å². The number of aromatic nitrogens is 1. The Hall–Kier alpha value is -1.77. The molecule has 1 amide bonds. The molecule has 2 N–H and O–H groups in total. The molecule has 2 rings (SSSR count). The molecule has 0 spiro atoms. The fourth-order valence-electron chi connectivity index (χ4n) is 2.05. The van der Waals surface area contributed by atoms with Crippen molar-refractivity contribution < 1.29 is 13.2 Å². The molecular formula is C16H21N3O3S2. The van der Waals surface area contributed by atoms with Crippen molar-refractivity contribution in [2.45, 2.75) is 44.7 Å². The van der Waals surface area contributed by atoms with Gasteiger partial charge in [-0.2, -0.15) is 0 Å². The highest BCUT2D eigenvalue weighted by Gasteiger charge is 2.20. The quantitative estimate of drug-likeness (QED) is 0.821. The van der Waals surface area contributed by atoms with Gasteiger partial charge in [0.2, 0.25) is 10.0 Å². The Morgan fingerprint density at radius 1 is 1.17 bits per heavy atom. The Morgan fingerprint density at radius 3 is 2.29 bits per heavy atom. The molecule has 0 radical (unpaired) electrons. The molecule has 6 nitrogen and oxygen atoms in total. The minimum atomic E-state index is -3.68. The van der Waals surface area contributed by atoms with Gasteiger partial charge in [0.05, 0.1) is 10.9 Å². The second-order valence-corrected chi connectivity index (χ2v) is 8.43. The highest BCUT2D eigenvalue weighted by atomic mass is 32.2. The molecule has 8 heteroatoms. The molecule has 1 unspecified atom stereocenters. The predicted octanol–water partition coefficient (Wildman–Crippen LogP) is 2.63. The van der Waals surface area contributed by atoms with E-state index in [4.69, 9.17) is 0 Å². The molecular weight excluding hydrogens is 346 g/mol. The summed E-state index contributed by atoms with van der Waals surface area (Å²) in [5.41, 5.74) is 1.29. The minimum absolute atomic E-state index is 0.0187. The van der Waals surface area contributed by atoms with Crippen LogP contribution in [-0.4, -0.2) is 25.4 Å². The third kappa shape index (κ3) is 4.62. The molecule has 0 fully saturated rings. The van der Waals surface area contributed by atoms with Gasteiger partial charge in [-0.05, 0) is 52.0 Å². The van der Waals surface area contributed by atoms with E-state index in [9.17, 15) is 13.2 Å². The van der Waals surface area contributed by atoms with Gasteiger partial charge in [-0.15, -0.1) is 11.3 Å². The summed E-state index contributed by atoms with van der Waals surface area (Å²) in [5, 5.41) is 5.35. The average molecular weight is 367 g/mol. The van der Waals surface area contributed by atoms with Crippen LogP contribution >= 0.6 is 11.3 Å². The number of nitrogens with one attached hydrogen (secondary N) is 2. The number of rotatable bonds is 6. The minimum Gasteiger partial charge on any atom is -0.350 e. The fourth-order valence-corrected chi connectivity index (χ4v) is 4.14. The highest BCUT2D eigenvalue weighted by molar-refractivity contribution is 7.89. The number of sulfonamides is 1. The number of carbonyl (C=O) groups excluding carboxylic acids is 1. The topological polar surface area (TPSA) is 88.2 Å². The van der Waals surface area contributed by atoms with Gasteiger partial charge in [0.1, 0.15) is 5.01 Å². The van der Waals surface area contributed by atoms with Gasteiger partial charge in [0, 0.05) is 22.7 Å². The zero-order valence-electron chi connectivity index (χ0n) is 14.0. The Bertz CT molecular complexity index is 811. The van der Waals surface area contributed by atoms with Crippen LogP contribution in [0.5, 0.6) is 0 Å². The van der Waals surface area contributed by atoms with Crippen molar-refractivity contribution in [3.05, 3.63) is 45.9 Å². The summed E-state index contributed by atoms with van der Waals surface area (Å²) in [4.78, 5) is 16.3. The smallest absolute Gasteiger partial charge is 0.251 e. The predicted molar refractivity (Wildman–Crippen MR) is 94.6 cm³/mol. The first-order chi connectivity index (χ1) is 11.2. The molecule has 1 heterocycles. The van der Waals surface area contributed by atoms with E-state index in [0.29, 0.717) is 10.6 Å². The number of hydrogen-bond donors (Lipinski definition) is 2. The maximum absolute atomic E-state index is 12.4. The first kappa shape index (κ1) is 18.6. The number of amides is 1. The van der Waals surface area contributed by atoms with Crippen LogP contribution in [0.15, 0.2) is 34.5 Å². The molecule has 24 heavy (non-hydrogen) atoms. The van der Waals surface area contributed by atoms with Gasteiger partial charge in [-0.1, -0.05) is 0 Å². The van der Waals surface area contributed by atoms with Crippen LogP contribution in [-0.2, 0) is 10.0 Å². The lowest BCUT2D eigenvalue weighted by Crippen LogP contribution is -2.30. The number of carbonyl (C=O) groups is 1. The maximum atomic E-state index is 12.4. The number of aryl methyl sites for hydroxylation is 1. The van der Waals surface area contributed by atoms with Crippen LogP contribution in [0, 0.1) is 6.92 Å². The van der Waals surface area contributed by atoms with Crippen LogP contribution in [0.2, 0.25) is 0 Å². The third-order valence-electron chi connectivity index (χ3n) is 3.19. The summed E-state index contributed by atoms with van der Waals surface area (Å²) in [5.74, 6) is -0.228. The van der Waals surface area contributed by atoms with Gasteiger partial charge in [0.15, 0.2) is 0 Å². The van der Waals surface area contributed by atoms with E-state index in [2.05, 4.69) is 15.0 Å². The number of nitrogens with zero attached hydrogens (tertiary/aromatic N) is 1. The maximum Gasteiger partial charge on any atom is 0.251 e. The standard InChI is InChI=1S/C16H21N3O3S2/c1-10(2)17-15(20)13-5-7-14(8-6-13)24(21,22)19-12(4)16-18-11(3)9-23-16/h5-10,12,19H,1-4H3,(H,17,20). The van der Waals surface area contributed by atoms with Crippen molar-refractivity contribution in [2.24, 2.45) is 0 Å². The summed E-state index contributed by atoms with van der Waals surface area (Å²) >= 11 is 1.41. The van der Waals surface area contributed by atoms with Crippen molar-refractivity contribution in [3.63, 3.8) is 0 Å². The number of hydrogen-bond acceptors (Lipinski definition) is 5.